The predicted molar refractivity (Wildman–Crippen MR) is 121 cm³/mol. The molecule has 0 aliphatic heterocycles. The van der Waals surface area contributed by atoms with E-state index < -0.39 is 0 Å². The zero-order valence-corrected chi connectivity index (χ0v) is 19.1. The van der Waals surface area contributed by atoms with Gasteiger partial charge in [-0.2, -0.15) is 37.9 Å². The fraction of sp³-hybridized carbons (Fsp3) is 0.950. The van der Waals surface area contributed by atoms with Crippen molar-refractivity contribution in [3.05, 3.63) is 0 Å². The Morgan fingerprint density at radius 1 is 0.680 bits per heavy atom. The van der Waals surface area contributed by atoms with Crippen molar-refractivity contribution in [2.45, 2.75) is 107 Å². The average molecular weight is 409 g/mol. The van der Waals surface area contributed by atoms with E-state index in [0.717, 1.165) is 70.6 Å². The van der Waals surface area contributed by atoms with Crippen molar-refractivity contribution in [1.82, 2.24) is 0 Å². The van der Waals surface area contributed by atoms with E-state index in [-0.39, 0.29) is 11.9 Å². The van der Waals surface area contributed by atoms with Gasteiger partial charge in [0.05, 0.1) is 12.5 Å². The lowest BCUT2D eigenvalue weighted by Crippen LogP contribution is -2.21. The highest BCUT2D eigenvalue weighted by atomic mass is 32.1. The molecular formula is C20H40O2S3. The molecule has 0 aliphatic carbocycles. The number of carbonyl (C=O) groups excluding carboxylic acids is 1. The van der Waals surface area contributed by atoms with E-state index in [1.165, 1.54) is 0 Å². The van der Waals surface area contributed by atoms with E-state index in [2.05, 4.69) is 58.7 Å². The van der Waals surface area contributed by atoms with Crippen LogP contribution in [0.2, 0.25) is 0 Å². The van der Waals surface area contributed by atoms with Crippen LogP contribution in [-0.2, 0) is 9.53 Å². The van der Waals surface area contributed by atoms with Crippen LogP contribution in [0.1, 0.15) is 91.4 Å². The molecule has 0 fully saturated rings. The van der Waals surface area contributed by atoms with Crippen LogP contribution in [-0.4, -0.2) is 28.3 Å². The summed E-state index contributed by atoms with van der Waals surface area (Å²) in [6.07, 6.45) is 11.2. The van der Waals surface area contributed by atoms with Gasteiger partial charge in [-0.3, -0.25) is 4.79 Å². The van der Waals surface area contributed by atoms with Crippen molar-refractivity contribution >= 4 is 43.9 Å². The number of ether oxygens (including phenoxy) is 1. The van der Waals surface area contributed by atoms with E-state index >= 15 is 0 Å². The largest absolute Gasteiger partial charge is 0.465 e. The van der Waals surface area contributed by atoms with Gasteiger partial charge in [-0.05, 0) is 51.4 Å². The SMILES string of the molecule is CCCC(S)CCOC(=O)C(CCC(S)CCC)CCC(S)CCC. The van der Waals surface area contributed by atoms with Crippen LogP contribution in [0.3, 0.4) is 0 Å². The standard InChI is InChI=1S/C20H40O2S3/c1-4-7-17(23)12-10-16(11-13-18(24)8-5-2)20(21)22-15-14-19(25)9-6-3/h16-19,23-25H,4-15H2,1-3H3. The summed E-state index contributed by atoms with van der Waals surface area (Å²) in [6.45, 7) is 6.99. The molecule has 0 radical (unpaired) electrons. The van der Waals surface area contributed by atoms with Gasteiger partial charge in [0.15, 0.2) is 0 Å². The predicted octanol–water partition coefficient (Wildman–Crippen LogP) is 6.39. The van der Waals surface area contributed by atoms with Gasteiger partial charge in [0.2, 0.25) is 0 Å². The van der Waals surface area contributed by atoms with E-state index in [1.807, 2.05) is 0 Å². The fourth-order valence-electron chi connectivity index (χ4n) is 3.01. The molecular weight excluding hydrogens is 368 g/mol. The third kappa shape index (κ3) is 14.3. The topological polar surface area (TPSA) is 26.3 Å². The lowest BCUT2D eigenvalue weighted by atomic mass is 9.94. The normalized spacial score (nSPS) is 16.2. The van der Waals surface area contributed by atoms with Crippen molar-refractivity contribution in [3.63, 3.8) is 0 Å². The minimum atomic E-state index is -0.0360. The van der Waals surface area contributed by atoms with Gasteiger partial charge in [-0.1, -0.05) is 40.0 Å². The van der Waals surface area contributed by atoms with E-state index in [1.54, 1.807) is 0 Å². The van der Waals surface area contributed by atoms with Crippen molar-refractivity contribution in [3.8, 4) is 0 Å². The van der Waals surface area contributed by atoms with Crippen LogP contribution < -0.4 is 0 Å². The van der Waals surface area contributed by atoms with Crippen LogP contribution >= 0.6 is 37.9 Å². The van der Waals surface area contributed by atoms with Gasteiger partial charge in [0, 0.05) is 15.7 Å². The molecule has 5 heteroatoms. The molecule has 3 atom stereocenters. The minimum absolute atomic E-state index is 0.0115. The summed E-state index contributed by atoms with van der Waals surface area (Å²) < 4.78 is 5.57. The molecule has 0 rings (SSSR count). The number of rotatable bonds is 16. The lowest BCUT2D eigenvalue weighted by Gasteiger charge is -2.20. The molecule has 0 aromatic rings. The van der Waals surface area contributed by atoms with Gasteiger partial charge in [0.1, 0.15) is 0 Å². The van der Waals surface area contributed by atoms with E-state index in [0.29, 0.717) is 22.4 Å². The second kappa shape index (κ2) is 16.7. The Balaban J connectivity index is 4.39. The van der Waals surface area contributed by atoms with Crippen molar-refractivity contribution < 1.29 is 9.53 Å². The molecule has 3 unspecified atom stereocenters. The van der Waals surface area contributed by atoms with Crippen LogP contribution in [0.4, 0.5) is 0 Å². The molecule has 0 bridgehead atoms. The van der Waals surface area contributed by atoms with E-state index in [4.69, 9.17) is 4.74 Å². The van der Waals surface area contributed by atoms with Crippen LogP contribution in [0.25, 0.3) is 0 Å². The third-order valence-electron chi connectivity index (χ3n) is 4.59. The lowest BCUT2D eigenvalue weighted by molar-refractivity contribution is -0.149. The van der Waals surface area contributed by atoms with E-state index in [9.17, 15) is 4.79 Å². The Hall–Kier alpha value is 0.520. The van der Waals surface area contributed by atoms with Gasteiger partial charge in [-0.25, -0.2) is 0 Å². The summed E-state index contributed by atoms with van der Waals surface area (Å²) >= 11 is 13.8. The first-order valence-corrected chi connectivity index (χ1v) is 11.7. The molecule has 0 amide bonds. The van der Waals surface area contributed by atoms with Gasteiger partial charge >= 0.3 is 5.97 Å². The van der Waals surface area contributed by atoms with Gasteiger partial charge in [-0.15, -0.1) is 0 Å². The highest BCUT2D eigenvalue weighted by molar-refractivity contribution is 7.81. The molecule has 0 N–H and O–H groups in total. The molecule has 25 heavy (non-hydrogen) atoms. The Kier molecular flexibility index (Phi) is 17.0. The number of hydrogen-bond donors (Lipinski definition) is 3. The number of thiol groups is 3. The van der Waals surface area contributed by atoms with Crippen LogP contribution in [0.15, 0.2) is 0 Å². The van der Waals surface area contributed by atoms with Crippen molar-refractivity contribution in [2.24, 2.45) is 5.92 Å². The average Bonchev–Trinajstić information content (AvgIpc) is 2.55. The van der Waals surface area contributed by atoms with Gasteiger partial charge < -0.3 is 4.74 Å². The maximum absolute atomic E-state index is 12.5. The molecule has 0 spiro atoms. The molecule has 150 valence electrons. The Bertz CT molecular complexity index is 310. The first kappa shape index (κ1) is 25.5. The summed E-state index contributed by atoms with van der Waals surface area (Å²) in [5, 5.41) is 1.09. The van der Waals surface area contributed by atoms with Crippen LogP contribution in [0.5, 0.6) is 0 Å². The summed E-state index contributed by atoms with van der Waals surface area (Å²) in [4.78, 5) is 12.5. The first-order valence-electron chi connectivity index (χ1n) is 10.1. The maximum Gasteiger partial charge on any atom is 0.308 e. The van der Waals surface area contributed by atoms with Gasteiger partial charge in [0.25, 0.3) is 0 Å². The third-order valence-corrected chi connectivity index (χ3v) is 6.14. The molecule has 0 saturated heterocycles. The van der Waals surface area contributed by atoms with Crippen molar-refractivity contribution in [1.29, 1.82) is 0 Å². The zero-order valence-electron chi connectivity index (χ0n) is 16.5. The highest BCUT2D eigenvalue weighted by Crippen LogP contribution is 2.24. The summed E-state index contributed by atoms with van der Waals surface area (Å²) in [7, 11) is 0. The zero-order chi connectivity index (χ0) is 19.1. The Labute approximate surface area is 172 Å². The molecule has 0 aromatic carbocycles. The summed E-state index contributed by atoms with van der Waals surface area (Å²) in [6, 6.07) is 0. The summed E-state index contributed by atoms with van der Waals surface area (Å²) in [5.41, 5.74) is 0. The monoisotopic (exact) mass is 408 g/mol. The molecule has 0 heterocycles. The number of hydrogen-bond acceptors (Lipinski definition) is 5. The number of esters is 1. The number of carbonyl (C=O) groups is 1. The minimum Gasteiger partial charge on any atom is -0.465 e. The molecule has 2 nitrogen and oxygen atoms in total. The second-order valence-electron chi connectivity index (χ2n) is 7.14. The molecule has 0 aromatic heterocycles. The quantitative estimate of drug-likeness (QED) is 0.204. The van der Waals surface area contributed by atoms with Crippen molar-refractivity contribution in [2.75, 3.05) is 6.61 Å². The highest BCUT2D eigenvalue weighted by Gasteiger charge is 2.22. The summed E-state index contributed by atoms with van der Waals surface area (Å²) in [5.74, 6) is -0.0475. The smallest absolute Gasteiger partial charge is 0.308 e. The Morgan fingerprint density at radius 2 is 1.08 bits per heavy atom. The fourth-order valence-corrected chi connectivity index (χ4v) is 4.19. The van der Waals surface area contributed by atoms with Crippen LogP contribution in [0, 0.1) is 5.92 Å². The molecule has 0 saturated carbocycles. The molecule has 0 aliphatic rings. The maximum atomic E-state index is 12.5. The second-order valence-corrected chi connectivity index (χ2v) is 9.33. The first-order chi connectivity index (χ1) is 11.9. The Morgan fingerprint density at radius 3 is 1.48 bits per heavy atom.